The molecule has 3 fully saturated rings. The smallest absolute Gasteiger partial charge is 0.337 e. The highest BCUT2D eigenvalue weighted by Gasteiger charge is 2.55. The number of nitrogens with zero attached hydrogens (tertiary/aromatic N) is 2. The first-order valence-electron chi connectivity index (χ1n) is 14.8. The number of rotatable bonds is 7. The second-order valence-corrected chi connectivity index (χ2v) is 12.4. The lowest BCUT2D eigenvalue weighted by Gasteiger charge is -2.53. The number of hydrogen-bond donors (Lipinski definition) is 2. The van der Waals surface area contributed by atoms with E-state index in [4.69, 9.17) is 0 Å². The summed E-state index contributed by atoms with van der Waals surface area (Å²) < 4.78 is 1.37. The summed E-state index contributed by atoms with van der Waals surface area (Å²) in [5.74, 6) is -0.318. The van der Waals surface area contributed by atoms with Crippen LogP contribution in [-0.2, 0) is 11.3 Å². The molecule has 2 aliphatic carbocycles. The van der Waals surface area contributed by atoms with Crippen LogP contribution in [-0.4, -0.2) is 50.2 Å². The van der Waals surface area contributed by atoms with Crippen molar-refractivity contribution in [1.29, 1.82) is 0 Å². The summed E-state index contributed by atoms with van der Waals surface area (Å²) in [7, 11) is 0. The number of likely N-dealkylation sites (tertiary alicyclic amines) is 1. The topological polar surface area (TPSA) is 99.8 Å². The van der Waals surface area contributed by atoms with Crippen molar-refractivity contribution in [2.24, 2.45) is 17.3 Å². The molecule has 0 unspecified atom stereocenters. The first-order chi connectivity index (χ1) is 18.7. The molecule has 7 nitrogen and oxygen atoms in total. The van der Waals surface area contributed by atoms with Gasteiger partial charge in [0.1, 0.15) is 0 Å². The van der Waals surface area contributed by atoms with E-state index in [-0.39, 0.29) is 29.5 Å². The standard InChI is InChI=1S/C32H42N2O5/c1-23(18-24-10-4-2-5-11-24)29(36)33-17-16-32(39,31(21-33)14-8-9-15-31)22-34-20-27(30(37)38)26(19-28(34)35)25-12-6-3-7-13-25/h3,6-7,12-13,19-20,23-24,39H,2,4-5,8-11,14-18,21-22H2,1H3,(H,37,38)/t23-,32-/m1/s1. The molecule has 39 heavy (non-hydrogen) atoms. The monoisotopic (exact) mass is 534 g/mol. The molecule has 5 rings (SSSR count). The van der Waals surface area contributed by atoms with Crippen LogP contribution in [0.15, 0.2) is 47.4 Å². The molecule has 1 amide bonds. The highest BCUT2D eigenvalue weighted by molar-refractivity contribution is 5.95. The van der Waals surface area contributed by atoms with Crippen molar-refractivity contribution in [3.05, 3.63) is 58.5 Å². The molecule has 3 aliphatic rings. The van der Waals surface area contributed by atoms with E-state index in [2.05, 4.69) is 6.92 Å². The van der Waals surface area contributed by atoms with Crippen molar-refractivity contribution in [2.45, 2.75) is 89.7 Å². The van der Waals surface area contributed by atoms with Gasteiger partial charge in [0.05, 0.1) is 17.7 Å². The summed E-state index contributed by atoms with van der Waals surface area (Å²) in [5.41, 5.74) is -0.944. The van der Waals surface area contributed by atoms with Gasteiger partial charge in [0, 0.05) is 42.2 Å². The zero-order chi connectivity index (χ0) is 27.6. The highest BCUT2D eigenvalue weighted by atomic mass is 16.4. The number of aromatic nitrogens is 1. The summed E-state index contributed by atoms with van der Waals surface area (Å²) in [6.07, 6.45) is 12.5. The van der Waals surface area contributed by atoms with Crippen LogP contribution in [0.2, 0.25) is 0 Å². The largest absolute Gasteiger partial charge is 0.478 e. The maximum Gasteiger partial charge on any atom is 0.337 e. The maximum absolute atomic E-state index is 13.6. The lowest BCUT2D eigenvalue weighted by atomic mass is 9.65. The Morgan fingerprint density at radius 3 is 2.38 bits per heavy atom. The average molecular weight is 535 g/mol. The Bertz CT molecular complexity index is 1240. The third-order valence-electron chi connectivity index (χ3n) is 9.85. The SMILES string of the molecule is C[C@H](CC1CCCCC1)C(=O)N1CC[C@@](O)(Cn2cc(C(=O)O)c(-c3ccccc3)cc2=O)C2(CCCC2)C1. The number of aromatic carboxylic acids is 1. The summed E-state index contributed by atoms with van der Waals surface area (Å²) >= 11 is 0. The Hall–Kier alpha value is -2.93. The van der Waals surface area contributed by atoms with Crippen LogP contribution in [0.5, 0.6) is 0 Å². The fourth-order valence-electron chi connectivity index (χ4n) is 7.63. The summed E-state index contributed by atoms with van der Waals surface area (Å²) in [5, 5.41) is 22.1. The molecule has 1 aliphatic heterocycles. The van der Waals surface area contributed by atoms with Gasteiger partial charge in [-0.25, -0.2) is 4.79 Å². The van der Waals surface area contributed by atoms with Crippen LogP contribution in [0, 0.1) is 17.3 Å². The fourth-order valence-corrected chi connectivity index (χ4v) is 7.63. The Morgan fingerprint density at radius 1 is 1.03 bits per heavy atom. The number of hydrogen-bond acceptors (Lipinski definition) is 4. The van der Waals surface area contributed by atoms with Gasteiger partial charge < -0.3 is 19.7 Å². The average Bonchev–Trinajstić information content (AvgIpc) is 3.42. The van der Waals surface area contributed by atoms with Crippen molar-refractivity contribution in [3.8, 4) is 11.1 Å². The Kier molecular flexibility index (Phi) is 7.99. The molecule has 2 heterocycles. The normalized spacial score (nSPS) is 24.1. The van der Waals surface area contributed by atoms with Crippen LogP contribution in [0.1, 0.15) is 87.9 Å². The van der Waals surface area contributed by atoms with E-state index < -0.39 is 17.0 Å². The second-order valence-electron chi connectivity index (χ2n) is 12.4. The molecule has 0 bridgehead atoms. The van der Waals surface area contributed by atoms with E-state index in [1.54, 1.807) is 12.1 Å². The number of amides is 1. The lowest BCUT2D eigenvalue weighted by Crippen LogP contribution is -2.62. The highest BCUT2D eigenvalue weighted by Crippen LogP contribution is 2.52. The van der Waals surface area contributed by atoms with E-state index in [0.717, 1.165) is 32.1 Å². The van der Waals surface area contributed by atoms with Crippen molar-refractivity contribution in [2.75, 3.05) is 13.1 Å². The molecule has 210 valence electrons. The number of benzene rings is 1. The molecule has 2 N–H and O–H groups in total. The molecule has 1 saturated heterocycles. The van der Waals surface area contributed by atoms with Crippen LogP contribution in [0.4, 0.5) is 0 Å². The zero-order valence-electron chi connectivity index (χ0n) is 23.1. The molecule has 7 heteroatoms. The van der Waals surface area contributed by atoms with Crippen molar-refractivity contribution in [3.63, 3.8) is 0 Å². The number of carbonyl (C=O) groups is 2. The molecule has 1 spiro atoms. The number of aliphatic hydroxyl groups is 1. The number of piperidine rings is 1. The number of carboxylic acid groups (broad SMARTS) is 1. The molecule has 1 aromatic heterocycles. The number of pyridine rings is 1. The predicted molar refractivity (Wildman–Crippen MR) is 151 cm³/mol. The van der Waals surface area contributed by atoms with Crippen LogP contribution in [0.25, 0.3) is 11.1 Å². The van der Waals surface area contributed by atoms with Crippen molar-refractivity contribution in [1.82, 2.24) is 9.47 Å². The van der Waals surface area contributed by atoms with E-state index in [1.807, 2.05) is 23.1 Å². The first kappa shape index (κ1) is 27.6. The third kappa shape index (κ3) is 5.56. The van der Waals surface area contributed by atoms with Gasteiger partial charge in [0.25, 0.3) is 5.56 Å². The van der Waals surface area contributed by atoms with E-state index in [0.29, 0.717) is 36.6 Å². The van der Waals surface area contributed by atoms with Gasteiger partial charge in [-0.2, -0.15) is 0 Å². The number of carboxylic acids is 1. The summed E-state index contributed by atoms with van der Waals surface area (Å²) in [4.78, 5) is 41.0. The van der Waals surface area contributed by atoms with Gasteiger partial charge in [-0.05, 0) is 37.2 Å². The minimum atomic E-state index is -1.19. The number of carbonyl (C=O) groups excluding carboxylic acids is 1. The molecule has 1 aromatic carbocycles. The second kappa shape index (κ2) is 11.3. The Balaban J connectivity index is 1.38. The Morgan fingerprint density at radius 2 is 1.72 bits per heavy atom. The van der Waals surface area contributed by atoms with Crippen LogP contribution in [0.3, 0.4) is 0 Å². The van der Waals surface area contributed by atoms with Gasteiger partial charge >= 0.3 is 5.97 Å². The van der Waals surface area contributed by atoms with Crippen molar-refractivity contribution >= 4 is 11.9 Å². The molecular formula is C32H42N2O5. The summed E-state index contributed by atoms with van der Waals surface area (Å²) in [6.45, 7) is 3.04. The maximum atomic E-state index is 13.6. The first-order valence-corrected chi connectivity index (χ1v) is 14.8. The van der Waals surface area contributed by atoms with Gasteiger partial charge in [0.15, 0.2) is 0 Å². The molecule has 2 atom stereocenters. The van der Waals surface area contributed by atoms with Crippen LogP contribution < -0.4 is 5.56 Å². The van der Waals surface area contributed by atoms with Crippen molar-refractivity contribution < 1.29 is 19.8 Å². The quantitative estimate of drug-likeness (QED) is 0.499. The fraction of sp³-hybridized carbons (Fsp3) is 0.594. The third-order valence-corrected chi connectivity index (χ3v) is 9.85. The van der Waals surface area contributed by atoms with Gasteiger partial charge in [-0.1, -0.05) is 82.2 Å². The Labute approximate surface area is 230 Å². The van der Waals surface area contributed by atoms with Crippen LogP contribution >= 0.6 is 0 Å². The minimum Gasteiger partial charge on any atom is -0.478 e. The zero-order valence-corrected chi connectivity index (χ0v) is 23.1. The molecule has 2 saturated carbocycles. The van der Waals surface area contributed by atoms with Gasteiger partial charge in [0.2, 0.25) is 5.91 Å². The van der Waals surface area contributed by atoms with Gasteiger partial charge in [-0.3, -0.25) is 9.59 Å². The lowest BCUT2D eigenvalue weighted by molar-refractivity contribution is -0.163. The molecule has 0 radical (unpaired) electrons. The van der Waals surface area contributed by atoms with Gasteiger partial charge in [-0.15, -0.1) is 0 Å². The van der Waals surface area contributed by atoms with E-state index in [1.165, 1.54) is 48.9 Å². The molecule has 2 aromatic rings. The molecular weight excluding hydrogens is 492 g/mol. The predicted octanol–water partition coefficient (Wildman–Crippen LogP) is 5.34. The van der Waals surface area contributed by atoms with E-state index >= 15 is 0 Å². The minimum absolute atomic E-state index is 0.0241. The van der Waals surface area contributed by atoms with E-state index in [9.17, 15) is 24.6 Å². The summed E-state index contributed by atoms with van der Waals surface area (Å²) in [6, 6.07) is 10.4.